The first kappa shape index (κ1) is 23.0. The second kappa shape index (κ2) is 9.74. The molecular formula is C26H26N4O4. The fourth-order valence-electron chi connectivity index (χ4n) is 3.81. The van der Waals surface area contributed by atoms with Gasteiger partial charge < -0.3 is 14.8 Å². The fourth-order valence-corrected chi connectivity index (χ4v) is 3.81. The highest BCUT2D eigenvalue weighted by atomic mass is 16.5. The first-order valence-corrected chi connectivity index (χ1v) is 11.0. The van der Waals surface area contributed by atoms with E-state index < -0.39 is 11.9 Å². The smallest absolute Gasteiger partial charge is 0.339 e. The molecule has 2 aromatic carbocycles. The molecule has 0 aliphatic rings. The first-order chi connectivity index (χ1) is 16.4. The normalized spacial score (nSPS) is 10.8. The largest absolute Gasteiger partial charge is 0.467 e. The molecule has 0 saturated carbocycles. The fraction of sp³-hybridized carbons (Fsp3) is 0.231. The number of hydrogen-bond donors (Lipinski definition) is 1. The van der Waals surface area contributed by atoms with Crippen LogP contribution >= 0.6 is 0 Å². The molecule has 0 aliphatic carbocycles. The molecule has 174 valence electrons. The quantitative estimate of drug-likeness (QED) is 0.413. The molecule has 0 unspecified atom stereocenters. The Hall–Kier alpha value is -4.20. The Morgan fingerprint density at radius 2 is 1.79 bits per heavy atom. The standard InChI is InChI=1S/C26H26N4O4/c1-5-18-10-12-19(13-11-18)30-25-24(17(3)29-30)16(2)14-23(28-25)34-15-22(31)27-21-9-7-6-8-20(21)26(32)33-4/h6-14H,5,15H2,1-4H3,(H,27,31). The van der Waals surface area contributed by atoms with Gasteiger partial charge in [0.1, 0.15) is 0 Å². The van der Waals surface area contributed by atoms with Crippen molar-refractivity contribution in [3.63, 3.8) is 0 Å². The van der Waals surface area contributed by atoms with E-state index >= 15 is 0 Å². The lowest BCUT2D eigenvalue weighted by molar-refractivity contribution is -0.118. The van der Waals surface area contributed by atoms with E-state index in [9.17, 15) is 9.59 Å². The maximum Gasteiger partial charge on any atom is 0.339 e. The Bertz CT molecular complexity index is 1360. The number of ether oxygens (including phenoxy) is 2. The van der Waals surface area contributed by atoms with Gasteiger partial charge in [-0.05, 0) is 55.7 Å². The van der Waals surface area contributed by atoms with Gasteiger partial charge in [0.2, 0.25) is 5.88 Å². The summed E-state index contributed by atoms with van der Waals surface area (Å²) in [6, 6.07) is 16.6. The third-order valence-electron chi connectivity index (χ3n) is 5.53. The van der Waals surface area contributed by atoms with Crippen LogP contribution in [0.1, 0.15) is 34.1 Å². The highest BCUT2D eigenvalue weighted by Crippen LogP contribution is 2.27. The average Bonchev–Trinajstić information content (AvgIpc) is 3.19. The van der Waals surface area contributed by atoms with Gasteiger partial charge in [0, 0.05) is 11.5 Å². The minimum absolute atomic E-state index is 0.266. The lowest BCUT2D eigenvalue weighted by Gasteiger charge is -2.11. The van der Waals surface area contributed by atoms with E-state index in [0.29, 0.717) is 17.2 Å². The van der Waals surface area contributed by atoms with E-state index in [2.05, 4.69) is 34.5 Å². The topological polar surface area (TPSA) is 95.3 Å². The Morgan fingerprint density at radius 1 is 1.06 bits per heavy atom. The van der Waals surface area contributed by atoms with Gasteiger partial charge in [-0.15, -0.1) is 0 Å². The Kier molecular flexibility index (Phi) is 6.58. The number of pyridine rings is 1. The zero-order valence-electron chi connectivity index (χ0n) is 19.6. The Balaban J connectivity index is 1.56. The van der Waals surface area contributed by atoms with Crippen molar-refractivity contribution in [2.45, 2.75) is 27.2 Å². The van der Waals surface area contributed by atoms with E-state index in [-0.39, 0.29) is 12.2 Å². The molecule has 4 rings (SSSR count). The van der Waals surface area contributed by atoms with Crippen molar-refractivity contribution >= 4 is 28.6 Å². The van der Waals surface area contributed by atoms with Crippen molar-refractivity contribution in [2.24, 2.45) is 0 Å². The van der Waals surface area contributed by atoms with E-state index in [4.69, 9.17) is 9.47 Å². The van der Waals surface area contributed by atoms with Gasteiger partial charge in [-0.3, -0.25) is 4.79 Å². The predicted octanol–water partition coefficient (Wildman–Crippen LogP) is 4.40. The number of aryl methyl sites for hydroxylation is 3. The predicted molar refractivity (Wildman–Crippen MR) is 130 cm³/mol. The number of rotatable bonds is 7. The van der Waals surface area contributed by atoms with Crippen molar-refractivity contribution in [1.82, 2.24) is 14.8 Å². The van der Waals surface area contributed by atoms with Crippen LogP contribution < -0.4 is 10.1 Å². The number of para-hydroxylation sites is 1. The molecule has 1 amide bonds. The number of carbonyl (C=O) groups is 2. The number of benzene rings is 2. The lowest BCUT2D eigenvalue weighted by Crippen LogP contribution is -2.22. The zero-order chi connectivity index (χ0) is 24.2. The van der Waals surface area contributed by atoms with Gasteiger partial charge >= 0.3 is 5.97 Å². The summed E-state index contributed by atoms with van der Waals surface area (Å²) in [5.74, 6) is -0.640. The van der Waals surface area contributed by atoms with Crippen molar-refractivity contribution in [3.8, 4) is 11.6 Å². The Morgan fingerprint density at radius 3 is 2.50 bits per heavy atom. The summed E-state index contributed by atoms with van der Waals surface area (Å²) in [6.45, 7) is 5.75. The van der Waals surface area contributed by atoms with Crippen LogP contribution in [0.15, 0.2) is 54.6 Å². The van der Waals surface area contributed by atoms with Crippen LogP contribution in [0.4, 0.5) is 5.69 Å². The number of carbonyl (C=O) groups excluding carboxylic acids is 2. The molecule has 8 heteroatoms. The average molecular weight is 459 g/mol. The van der Waals surface area contributed by atoms with Gasteiger partial charge in [-0.2, -0.15) is 10.1 Å². The highest BCUT2D eigenvalue weighted by molar-refractivity contribution is 6.01. The summed E-state index contributed by atoms with van der Waals surface area (Å²) in [6.07, 6.45) is 0.959. The molecule has 0 saturated heterocycles. The third-order valence-corrected chi connectivity index (χ3v) is 5.53. The minimum atomic E-state index is -0.532. The van der Waals surface area contributed by atoms with E-state index in [1.54, 1.807) is 35.0 Å². The maximum absolute atomic E-state index is 12.5. The number of methoxy groups -OCH3 is 1. The van der Waals surface area contributed by atoms with Crippen LogP contribution in [0.25, 0.3) is 16.7 Å². The summed E-state index contributed by atoms with van der Waals surface area (Å²) in [5, 5.41) is 8.32. The molecule has 0 spiro atoms. The first-order valence-electron chi connectivity index (χ1n) is 11.0. The van der Waals surface area contributed by atoms with Crippen LogP contribution in [0.2, 0.25) is 0 Å². The molecule has 4 aromatic rings. The number of fused-ring (bicyclic) bond motifs is 1. The molecule has 0 bridgehead atoms. The number of hydrogen-bond acceptors (Lipinski definition) is 6. The molecule has 0 fully saturated rings. The number of amides is 1. The van der Waals surface area contributed by atoms with Gasteiger partial charge in [0.05, 0.1) is 29.7 Å². The molecule has 2 aromatic heterocycles. The van der Waals surface area contributed by atoms with Crippen molar-refractivity contribution in [1.29, 1.82) is 0 Å². The molecule has 34 heavy (non-hydrogen) atoms. The van der Waals surface area contributed by atoms with Crippen LogP contribution in [0.5, 0.6) is 5.88 Å². The SMILES string of the molecule is CCc1ccc(-n2nc(C)c3c(C)cc(OCC(=O)Nc4ccccc4C(=O)OC)nc32)cc1. The molecule has 0 aliphatic heterocycles. The van der Waals surface area contributed by atoms with Gasteiger partial charge in [-0.25, -0.2) is 9.48 Å². The molecule has 1 N–H and O–H groups in total. The van der Waals surface area contributed by atoms with Gasteiger partial charge in [-0.1, -0.05) is 31.2 Å². The van der Waals surface area contributed by atoms with Gasteiger partial charge in [0.25, 0.3) is 5.91 Å². The number of nitrogens with zero attached hydrogens (tertiary/aromatic N) is 3. The van der Waals surface area contributed by atoms with Crippen LogP contribution in [0.3, 0.4) is 0 Å². The second-order valence-electron chi connectivity index (χ2n) is 7.87. The van der Waals surface area contributed by atoms with Crippen LogP contribution in [-0.4, -0.2) is 40.4 Å². The highest BCUT2D eigenvalue weighted by Gasteiger charge is 2.17. The number of aromatic nitrogens is 3. The summed E-state index contributed by atoms with van der Waals surface area (Å²) < 4.78 is 12.3. The molecule has 8 nitrogen and oxygen atoms in total. The minimum Gasteiger partial charge on any atom is -0.467 e. The molecule has 2 heterocycles. The van der Waals surface area contributed by atoms with Crippen molar-refractivity contribution < 1.29 is 19.1 Å². The summed E-state index contributed by atoms with van der Waals surface area (Å²) in [5.41, 5.74) is 5.23. The van der Waals surface area contributed by atoms with Crippen LogP contribution in [-0.2, 0) is 16.0 Å². The number of anilines is 1. The lowest BCUT2D eigenvalue weighted by atomic mass is 10.1. The van der Waals surface area contributed by atoms with Crippen LogP contribution in [0, 0.1) is 13.8 Å². The summed E-state index contributed by atoms with van der Waals surface area (Å²) >= 11 is 0. The Labute approximate surface area is 197 Å². The van der Waals surface area contributed by atoms with Crippen molar-refractivity contribution in [2.75, 3.05) is 19.0 Å². The monoisotopic (exact) mass is 458 g/mol. The number of esters is 1. The second-order valence-corrected chi connectivity index (χ2v) is 7.87. The molecule has 0 radical (unpaired) electrons. The number of nitrogens with one attached hydrogen (secondary N) is 1. The summed E-state index contributed by atoms with van der Waals surface area (Å²) in [4.78, 5) is 29.1. The van der Waals surface area contributed by atoms with Crippen molar-refractivity contribution in [3.05, 3.63) is 77.0 Å². The van der Waals surface area contributed by atoms with E-state index in [0.717, 1.165) is 28.8 Å². The zero-order valence-corrected chi connectivity index (χ0v) is 19.6. The molecular weight excluding hydrogens is 432 g/mol. The van der Waals surface area contributed by atoms with Gasteiger partial charge in [0.15, 0.2) is 12.3 Å². The van der Waals surface area contributed by atoms with E-state index in [1.807, 2.05) is 26.0 Å². The third kappa shape index (κ3) is 4.61. The maximum atomic E-state index is 12.5. The summed E-state index contributed by atoms with van der Waals surface area (Å²) in [7, 11) is 1.29. The molecule has 0 atom stereocenters. The van der Waals surface area contributed by atoms with E-state index in [1.165, 1.54) is 12.7 Å².